The van der Waals surface area contributed by atoms with Crippen molar-refractivity contribution in [2.75, 3.05) is 13.6 Å². The number of amides is 1. The Morgan fingerprint density at radius 3 is 2.74 bits per heavy atom. The molecule has 1 heterocycles. The molecule has 0 unspecified atom stereocenters. The Morgan fingerprint density at radius 2 is 2.00 bits per heavy atom. The van der Waals surface area contributed by atoms with Crippen molar-refractivity contribution in [2.45, 2.75) is 17.7 Å². The van der Waals surface area contributed by atoms with Crippen LogP contribution in [-0.4, -0.2) is 37.9 Å². The van der Waals surface area contributed by atoms with Gasteiger partial charge >= 0.3 is 0 Å². The number of hydrogen-bond donors (Lipinski definition) is 3. The number of para-hydroxylation sites is 2. The summed E-state index contributed by atoms with van der Waals surface area (Å²) in [6.45, 7) is 0.304. The number of rotatable bonds is 7. The Morgan fingerprint density at radius 1 is 1.22 bits per heavy atom. The fourth-order valence-corrected chi connectivity index (χ4v) is 3.40. The Labute approximate surface area is 156 Å². The maximum Gasteiger partial charge on any atom is 0.254 e. The van der Waals surface area contributed by atoms with Crippen LogP contribution in [0.2, 0.25) is 0 Å². The van der Waals surface area contributed by atoms with E-state index >= 15 is 0 Å². The van der Waals surface area contributed by atoms with Crippen molar-refractivity contribution in [3.63, 3.8) is 0 Å². The van der Waals surface area contributed by atoms with E-state index < -0.39 is 21.7 Å². The number of aromatic amines is 1. The predicted molar refractivity (Wildman–Crippen MR) is 99.4 cm³/mol. The van der Waals surface area contributed by atoms with E-state index in [1.54, 1.807) is 0 Å². The zero-order chi connectivity index (χ0) is 19.4. The number of nitrogens with one attached hydrogen (secondary N) is 3. The van der Waals surface area contributed by atoms with E-state index in [-0.39, 0.29) is 10.5 Å². The van der Waals surface area contributed by atoms with Gasteiger partial charge in [0.1, 0.15) is 11.6 Å². The predicted octanol–water partition coefficient (Wildman–Crippen LogP) is 1.97. The van der Waals surface area contributed by atoms with Gasteiger partial charge in [0.2, 0.25) is 10.0 Å². The van der Waals surface area contributed by atoms with Crippen LogP contribution in [0.1, 0.15) is 22.6 Å². The van der Waals surface area contributed by atoms with Crippen molar-refractivity contribution in [1.29, 1.82) is 0 Å². The number of sulfonamides is 1. The Kier molecular flexibility index (Phi) is 5.52. The number of aryl methyl sites for hydroxylation is 1. The molecule has 27 heavy (non-hydrogen) atoms. The highest BCUT2D eigenvalue weighted by Crippen LogP contribution is 2.15. The molecule has 9 heteroatoms. The molecule has 0 aliphatic heterocycles. The van der Waals surface area contributed by atoms with Crippen LogP contribution in [0.25, 0.3) is 11.0 Å². The van der Waals surface area contributed by atoms with Crippen LogP contribution in [0.3, 0.4) is 0 Å². The molecule has 3 N–H and O–H groups in total. The maximum absolute atomic E-state index is 13.9. The minimum Gasteiger partial charge on any atom is -0.352 e. The average molecular weight is 390 g/mol. The summed E-state index contributed by atoms with van der Waals surface area (Å²) in [5.74, 6) is -0.635. The molecule has 3 rings (SSSR count). The summed E-state index contributed by atoms with van der Waals surface area (Å²) in [5.41, 5.74) is 1.51. The van der Waals surface area contributed by atoms with Crippen LogP contribution in [0.4, 0.5) is 4.39 Å². The van der Waals surface area contributed by atoms with Gasteiger partial charge < -0.3 is 10.3 Å². The minimum absolute atomic E-state index is 0.168. The molecule has 0 aliphatic carbocycles. The quantitative estimate of drug-likeness (QED) is 0.537. The van der Waals surface area contributed by atoms with Crippen molar-refractivity contribution in [1.82, 2.24) is 20.0 Å². The van der Waals surface area contributed by atoms with E-state index in [1.165, 1.54) is 7.05 Å². The van der Waals surface area contributed by atoms with Crippen molar-refractivity contribution < 1.29 is 17.6 Å². The van der Waals surface area contributed by atoms with E-state index in [9.17, 15) is 17.6 Å². The lowest BCUT2D eigenvalue weighted by molar-refractivity contribution is 0.0949. The van der Waals surface area contributed by atoms with Crippen molar-refractivity contribution >= 4 is 27.0 Å². The Balaban J connectivity index is 1.60. The van der Waals surface area contributed by atoms with Crippen LogP contribution in [0.5, 0.6) is 0 Å². The number of carbonyl (C=O) groups is 1. The first-order valence-corrected chi connectivity index (χ1v) is 9.84. The van der Waals surface area contributed by atoms with Crippen molar-refractivity contribution in [3.05, 3.63) is 59.7 Å². The number of H-pyrrole nitrogens is 1. The zero-order valence-electron chi connectivity index (χ0n) is 14.6. The van der Waals surface area contributed by atoms with Gasteiger partial charge in [-0.25, -0.2) is 22.5 Å². The molecule has 0 bridgehead atoms. The second-order valence-corrected chi connectivity index (χ2v) is 7.80. The zero-order valence-corrected chi connectivity index (χ0v) is 15.4. The lowest BCUT2D eigenvalue weighted by Crippen LogP contribution is -2.26. The van der Waals surface area contributed by atoms with Gasteiger partial charge in [-0.2, -0.15) is 0 Å². The fourth-order valence-electron chi connectivity index (χ4n) is 2.64. The molecule has 0 spiro atoms. The van der Waals surface area contributed by atoms with Crippen LogP contribution >= 0.6 is 0 Å². The number of benzene rings is 2. The molecular weight excluding hydrogens is 371 g/mol. The summed E-state index contributed by atoms with van der Waals surface area (Å²) in [4.78, 5) is 19.7. The van der Waals surface area contributed by atoms with Gasteiger partial charge in [0.15, 0.2) is 0 Å². The molecule has 2 aromatic carbocycles. The number of hydrogen-bond acceptors (Lipinski definition) is 4. The molecule has 3 aromatic rings. The molecule has 1 amide bonds. The van der Waals surface area contributed by atoms with Crippen LogP contribution in [-0.2, 0) is 16.4 Å². The molecule has 7 nitrogen and oxygen atoms in total. The first kappa shape index (κ1) is 19.0. The molecule has 0 saturated heterocycles. The summed E-state index contributed by atoms with van der Waals surface area (Å²) in [6, 6.07) is 10.8. The SMILES string of the molecule is CNS(=O)(=O)c1ccc(F)c(C(=O)NCCCc2nc3ccccc3[nH]2)c1. The minimum atomic E-state index is -3.75. The largest absolute Gasteiger partial charge is 0.352 e. The number of carbonyl (C=O) groups excluding carboxylic acids is 1. The highest BCUT2D eigenvalue weighted by molar-refractivity contribution is 7.89. The van der Waals surface area contributed by atoms with E-state index in [0.717, 1.165) is 35.1 Å². The van der Waals surface area contributed by atoms with Gasteiger partial charge in [-0.05, 0) is 43.8 Å². The van der Waals surface area contributed by atoms with Crippen LogP contribution in [0.15, 0.2) is 47.4 Å². The second kappa shape index (κ2) is 7.85. The molecule has 0 fully saturated rings. The summed E-state index contributed by atoms with van der Waals surface area (Å²) in [6.07, 6.45) is 1.22. The van der Waals surface area contributed by atoms with Crippen LogP contribution in [0, 0.1) is 5.82 Å². The van der Waals surface area contributed by atoms with E-state index in [1.807, 2.05) is 24.3 Å². The topological polar surface area (TPSA) is 104 Å². The fraction of sp³-hybridized carbons (Fsp3) is 0.222. The number of fused-ring (bicyclic) bond motifs is 1. The number of imidazole rings is 1. The van der Waals surface area contributed by atoms with Gasteiger partial charge in [-0.15, -0.1) is 0 Å². The third-order valence-electron chi connectivity index (χ3n) is 4.08. The average Bonchev–Trinajstić information content (AvgIpc) is 3.08. The van der Waals surface area contributed by atoms with E-state index in [0.29, 0.717) is 19.4 Å². The molecule has 1 aromatic heterocycles. The molecular formula is C18H19FN4O3S. The summed E-state index contributed by atoms with van der Waals surface area (Å²) in [5, 5.41) is 2.60. The molecule has 0 aliphatic rings. The van der Waals surface area contributed by atoms with Gasteiger partial charge in [0.05, 0.1) is 21.5 Å². The standard InChI is InChI=1S/C18H19FN4O3S/c1-20-27(25,26)12-8-9-14(19)13(11-12)18(24)21-10-4-7-17-22-15-5-2-3-6-16(15)23-17/h2-3,5-6,8-9,11,20H,4,7,10H2,1H3,(H,21,24)(H,22,23). The van der Waals surface area contributed by atoms with Gasteiger partial charge in [-0.1, -0.05) is 12.1 Å². The van der Waals surface area contributed by atoms with Gasteiger partial charge in [0.25, 0.3) is 5.91 Å². The summed E-state index contributed by atoms with van der Waals surface area (Å²) < 4.78 is 39.7. The van der Waals surface area contributed by atoms with E-state index in [4.69, 9.17) is 0 Å². The van der Waals surface area contributed by atoms with Gasteiger partial charge in [0, 0.05) is 13.0 Å². The third kappa shape index (κ3) is 4.32. The normalized spacial score (nSPS) is 11.6. The van der Waals surface area contributed by atoms with E-state index in [2.05, 4.69) is 20.0 Å². The summed E-state index contributed by atoms with van der Waals surface area (Å²) >= 11 is 0. The number of nitrogens with zero attached hydrogens (tertiary/aromatic N) is 1. The maximum atomic E-state index is 13.9. The lowest BCUT2D eigenvalue weighted by atomic mass is 10.2. The Bertz CT molecular complexity index is 1050. The number of aromatic nitrogens is 2. The summed E-state index contributed by atoms with van der Waals surface area (Å²) in [7, 11) is -2.51. The Hall–Kier alpha value is -2.78. The van der Waals surface area contributed by atoms with Crippen molar-refractivity contribution in [2.24, 2.45) is 0 Å². The number of halogens is 1. The first-order valence-electron chi connectivity index (χ1n) is 8.35. The van der Waals surface area contributed by atoms with Gasteiger partial charge in [-0.3, -0.25) is 4.79 Å². The highest BCUT2D eigenvalue weighted by atomic mass is 32.2. The lowest BCUT2D eigenvalue weighted by Gasteiger charge is -2.08. The monoisotopic (exact) mass is 390 g/mol. The third-order valence-corrected chi connectivity index (χ3v) is 5.49. The second-order valence-electron chi connectivity index (χ2n) is 5.91. The first-order chi connectivity index (χ1) is 12.9. The smallest absolute Gasteiger partial charge is 0.254 e. The molecule has 0 radical (unpaired) electrons. The van der Waals surface area contributed by atoms with Crippen LogP contribution < -0.4 is 10.0 Å². The van der Waals surface area contributed by atoms with Crippen molar-refractivity contribution in [3.8, 4) is 0 Å². The molecule has 142 valence electrons. The molecule has 0 saturated carbocycles. The highest BCUT2D eigenvalue weighted by Gasteiger charge is 2.18. The molecule has 0 atom stereocenters.